The SMILES string of the molecule is CC(=O)NCCNCc1c(Cl)cccc1Cl. The van der Waals surface area contributed by atoms with E-state index in [1.165, 1.54) is 6.92 Å². The van der Waals surface area contributed by atoms with Crippen molar-refractivity contribution in [2.24, 2.45) is 0 Å². The van der Waals surface area contributed by atoms with Crippen LogP contribution in [0.5, 0.6) is 0 Å². The normalized spacial score (nSPS) is 10.2. The van der Waals surface area contributed by atoms with E-state index in [4.69, 9.17) is 23.2 Å². The largest absolute Gasteiger partial charge is 0.355 e. The minimum absolute atomic E-state index is 0.0300. The number of carbonyl (C=O) groups excluding carboxylic acids is 1. The second-order valence-corrected chi connectivity index (χ2v) is 4.17. The fraction of sp³-hybridized carbons (Fsp3) is 0.364. The van der Waals surface area contributed by atoms with Crippen molar-refractivity contribution in [1.82, 2.24) is 10.6 Å². The van der Waals surface area contributed by atoms with Crippen molar-refractivity contribution < 1.29 is 4.79 Å². The summed E-state index contributed by atoms with van der Waals surface area (Å²) in [6, 6.07) is 5.42. The van der Waals surface area contributed by atoms with Crippen LogP contribution in [-0.2, 0) is 11.3 Å². The molecule has 0 bridgehead atoms. The summed E-state index contributed by atoms with van der Waals surface area (Å²) >= 11 is 12.0. The molecule has 0 fully saturated rings. The Labute approximate surface area is 105 Å². The molecule has 1 aromatic carbocycles. The molecule has 3 nitrogen and oxygen atoms in total. The van der Waals surface area contributed by atoms with Crippen LogP contribution >= 0.6 is 23.2 Å². The monoisotopic (exact) mass is 260 g/mol. The van der Waals surface area contributed by atoms with Crippen LogP contribution in [0.4, 0.5) is 0 Å². The molecule has 0 aliphatic carbocycles. The van der Waals surface area contributed by atoms with Crippen LogP contribution in [0.2, 0.25) is 10.0 Å². The molecule has 16 heavy (non-hydrogen) atoms. The zero-order valence-corrected chi connectivity index (χ0v) is 10.5. The fourth-order valence-corrected chi connectivity index (χ4v) is 1.77. The highest BCUT2D eigenvalue weighted by molar-refractivity contribution is 6.35. The van der Waals surface area contributed by atoms with Gasteiger partial charge in [0.2, 0.25) is 5.91 Å². The van der Waals surface area contributed by atoms with Crippen molar-refractivity contribution >= 4 is 29.1 Å². The predicted octanol–water partition coefficient (Wildman–Crippen LogP) is 2.22. The van der Waals surface area contributed by atoms with E-state index >= 15 is 0 Å². The van der Waals surface area contributed by atoms with Crippen molar-refractivity contribution in [1.29, 1.82) is 0 Å². The van der Waals surface area contributed by atoms with Crippen LogP contribution < -0.4 is 10.6 Å². The molecular weight excluding hydrogens is 247 g/mol. The van der Waals surface area contributed by atoms with Gasteiger partial charge in [-0.1, -0.05) is 29.3 Å². The summed E-state index contributed by atoms with van der Waals surface area (Å²) in [5, 5.41) is 7.15. The van der Waals surface area contributed by atoms with Gasteiger partial charge in [0, 0.05) is 42.2 Å². The minimum Gasteiger partial charge on any atom is -0.355 e. The molecule has 0 aromatic heterocycles. The average molecular weight is 261 g/mol. The summed E-state index contributed by atoms with van der Waals surface area (Å²) < 4.78 is 0. The Hall–Kier alpha value is -0.770. The number of benzene rings is 1. The molecule has 2 N–H and O–H groups in total. The van der Waals surface area contributed by atoms with E-state index in [1.54, 1.807) is 12.1 Å². The maximum absolute atomic E-state index is 10.6. The van der Waals surface area contributed by atoms with Crippen molar-refractivity contribution in [3.05, 3.63) is 33.8 Å². The van der Waals surface area contributed by atoms with Gasteiger partial charge in [0.05, 0.1) is 0 Å². The molecular formula is C11H14Cl2N2O. The second kappa shape index (κ2) is 6.74. The second-order valence-electron chi connectivity index (χ2n) is 3.36. The number of nitrogens with one attached hydrogen (secondary N) is 2. The van der Waals surface area contributed by atoms with E-state index in [0.29, 0.717) is 29.7 Å². The minimum atomic E-state index is -0.0300. The molecule has 0 atom stereocenters. The van der Waals surface area contributed by atoms with Crippen molar-refractivity contribution in [3.8, 4) is 0 Å². The highest BCUT2D eigenvalue weighted by atomic mass is 35.5. The summed E-state index contributed by atoms with van der Waals surface area (Å²) in [6.45, 7) is 3.36. The fourth-order valence-electron chi connectivity index (χ4n) is 1.24. The van der Waals surface area contributed by atoms with Gasteiger partial charge >= 0.3 is 0 Å². The van der Waals surface area contributed by atoms with Gasteiger partial charge in [0.25, 0.3) is 0 Å². The number of carbonyl (C=O) groups is 1. The predicted molar refractivity (Wildman–Crippen MR) is 66.9 cm³/mol. The number of halogens is 2. The quantitative estimate of drug-likeness (QED) is 0.798. The molecule has 1 aromatic rings. The molecule has 0 saturated carbocycles. The molecule has 0 saturated heterocycles. The molecule has 0 unspecified atom stereocenters. The summed E-state index contributed by atoms with van der Waals surface area (Å²) in [4.78, 5) is 10.6. The first-order chi connectivity index (χ1) is 7.61. The van der Waals surface area contributed by atoms with Gasteiger partial charge in [0.1, 0.15) is 0 Å². The Balaban J connectivity index is 2.34. The third kappa shape index (κ3) is 4.39. The topological polar surface area (TPSA) is 41.1 Å². The van der Waals surface area contributed by atoms with E-state index in [2.05, 4.69) is 10.6 Å². The Kier molecular flexibility index (Phi) is 5.60. The van der Waals surface area contributed by atoms with Gasteiger partial charge in [-0.2, -0.15) is 0 Å². The first kappa shape index (κ1) is 13.3. The van der Waals surface area contributed by atoms with Crippen molar-refractivity contribution in [2.45, 2.75) is 13.5 Å². The average Bonchev–Trinajstić information content (AvgIpc) is 2.21. The Bertz CT molecular complexity index is 349. The zero-order valence-electron chi connectivity index (χ0n) is 9.02. The summed E-state index contributed by atoms with van der Waals surface area (Å²) in [5.74, 6) is -0.0300. The van der Waals surface area contributed by atoms with Gasteiger partial charge in [-0.15, -0.1) is 0 Å². The van der Waals surface area contributed by atoms with Gasteiger partial charge in [0.15, 0.2) is 0 Å². The lowest BCUT2D eigenvalue weighted by Crippen LogP contribution is -2.30. The molecule has 0 aliphatic rings. The van der Waals surface area contributed by atoms with Crippen LogP contribution in [0.15, 0.2) is 18.2 Å². The maximum atomic E-state index is 10.6. The summed E-state index contributed by atoms with van der Waals surface area (Å²) in [7, 11) is 0. The Morgan fingerprint density at radius 3 is 2.44 bits per heavy atom. The Morgan fingerprint density at radius 2 is 1.88 bits per heavy atom. The summed E-state index contributed by atoms with van der Waals surface area (Å²) in [6.07, 6.45) is 0. The molecule has 88 valence electrons. The molecule has 1 amide bonds. The van der Waals surface area contributed by atoms with Crippen LogP contribution in [0.3, 0.4) is 0 Å². The number of hydrogen-bond donors (Lipinski definition) is 2. The van der Waals surface area contributed by atoms with E-state index in [9.17, 15) is 4.79 Å². The number of rotatable bonds is 5. The van der Waals surface area contributed by atoms with Gasteiger partial charge < -0.3 is 10.6 Å². The smallest absolute Gasteiger partial charge is 0.216 e. The van der Waals surface area contributed by atoms with E-state index in [1.807, 2.05) is 6.07 Å². The van der Waals surface area contributed by atoms with E-state index < -0.39 is 0 Å². The first-order valence-corrected chi connectivity index (χ1v) is 5.75. The van der Waals surface area contributed by atoms with Crippen molar-refractivity contribution in [3.63, 3.8) is 0 Å². The lowest BCUT2D eigenvalue weighted by Gasteiger charge is -2.08. The van der Waals surface area contributed by atoms with E-state index in [-0.39, 0.29) is 5.91 Å². The third-order valence-corrected chi connectivity index (χ3v) is 2.75. The lowest BCUT2D eigenvalue weighted by atomic mass is 10.2. The first-order valence-electron chi connectivity index (χ1n) is 4.99. The molecule has 5 heteroatoms. The van der Waals surface area contributed by atoms with Gasteiger partial charge in [-0.05, 0) is 12.1 Å². The van der Waals surface area contributed by atoms with Crippen LogP contribution in [0, 0.1) is 0 Å². The molecule has 1 rings (SSSR count). The van der Waals surface area contributed by atoms with Gasteiger partial charge in [-0.3, -0.25) is 4.79 Å². The Morgan fingerprint density at radius 1 is 1.25 bits per heavy atom. The maximum Gasteiger partial charge on any atom is 0.216 e. The van der Waals surface area contributed by atoms with E-state index in [0.717, 1.165) is 5.56 Å². The molecule has 0 radical (unpaired) electrons. The highest BCUT2D eigenvalue weighted by Gasteiger charge is 2.03. The lowest BCUT2D eigenvalue weighted by molar-refractivity contribution is -0.118. The third-order valence-electron chi connectivity index (χ3n) is 2.04. The summed E-state index contributed by atoms with van der Waals surface area (Å²) in [5.41, 5.74) is 0.883. The molecule has 0 aliphatic heterocycles. The standard InChI is InChI=1S/C11H14Cl2N2O/c1-8(16)15-6-5-14-7-9-10(12)3-2-4-11(9)13/h2-4,14H,5-7H2,1H3,(H,15,16). The van der Waals surface area contributed by atoms with Gasteiger partial charge in [-0.25, -0.2) is 0 Å². The van der Waals surface area contributed by atoms with Crippen molar-refractivity contribution in [2.75, 3.05) is 13.1 Å². The van der Waals surface area contributed by atoms with Crippen LogP contribution in [-0.4, -0.2) is 19.0 Å². The molecule has 0 spiro atoms. The van der Waals surface area contributed by atoms with Crippen LogP contribution in [0.1, 0.15) is 12.5 Å². The number of amides is 1. The zero-order chi connectivity index (χ0) is 12.0. The highest BCUT2D eigenvalue weighted by Crippen LogP contribution is 2.23. The molecule has 0 heterocycles. The number of hydrogen-bond acceptors (Lipinski definition) is 2. The van der Waals surface area contributed by atoms with Crippen LogP contribution in [0.25, 0.3) is 0 Å².